The van der Waals surface area contributed by atoms with Gasteiger partial charge in [-0.05, 0) is 43.5 Å². The predicted molar refractivity (Wildman–Crippen MR) is 118 cm³/mol. The number of carbonyl (C=O) groups excluding carboxylic acids is 3. The van der Waals surface area contributed by atoms with Crippen LogP contribution in [0, 0.1) is 0 Å². The van der Waals surface area contributed by atoms with Crippen LogP contribution >= 0.6 is 0 Å². The van der Waals surface area contributed by atoms with Gasteiger partial charge in [0.25, 0.3) is 0 Å². The van der Waals surface area contributed by atoms with Gasteiger partial charge >= 0.3 is 5.97 Å². The molecule has 3 rings (SSSR count). The first-order valence-corrected chi connectivity index (χ1v) is 11.5. The molecule has 2 aromatic rings. The molecule has 0 aliphatic carbocycles. The third kappa shape index (κ3) is 5.12. The zero-order valence-electron chi connectivity index (χ0n) is 17.8. The minimum absolute atomic E-state index is 0.0945. The SMILES string of the molecule is COC(=O)/C(=C/c1ccc(C(C)=O)cc1)NC(=O)[C@@H]1CCCN1S(=O)(=O)c1ccccc1. The Kier molecular flexibility index (Phi) is 7.22. The second-order valence-electron chi connectivity index (χ2n) is 7.30. The number of hydrogen-bond acceptors (Lipinski definition) is 6. The molecule has 0 unspecified atom stereocenters. The van der Waals surface area contributed by atoms with Gasteiger partial charge in [-0.3, -0.25) is 9.59 Å². The van der Waals surface area contributed by atoms with Gasteiger partial charge in [-0.2, -0.15) is 4.31 Å². The second-order valence-corrected chi connectivity index (χ2v) is 9.19. The molecule has 2 aromatic carbocycles. The van der Waals surface area contributed by atoms with E-state index in [1.165, 1.54) is 32.2 Å². The van der Waals surface area contributed by atoms with Crippen molar-refractivity contribution in [1.29, 1.82) is 0 Å². The number of methoxy groups -OCH3 is 1. The zero-order chi connectivity index (χ0) is 23.3. The van der Waals surface area contributed by atoms with Crippen molar-refractivity contribution < 1.29 is 27.5 Å². The Morgan fingerprint density at radius 2 is 1.72 bits per heavy atom. The van der Waals surface area contributed by atoms with Crippen LogP contribution in [0.25, 0.3) is 6.08 Å². The molecule has 1 aliphatic heterocycles. The van der Waals surface area contributed by atoms with Crippen molar-refractivity contribution in [2.75, 3.05) is 13.7 Å². The number of benzene rings is 2. The maximum atomic E-state index is 13.0. The molecular weight excluding hydrogens is 432 g/mol. The van der Waals surface area contributed by atoms with Crippen LogP contribution in [0.1, 0.15) is 35.7 Å². The smallest absolute Gasteiger partial charge is 0.354 e. The summed E-state index contributed by atoms with van der Waals surface area (Å²) in [5.41, 5.74) is 0.950. The number of nitrogens with zero attached hydrogens (tertiary/aromatic N) is 1. The largest absolute Gasteiger partial charge is 0.464 e. The molecule has 0 aromatic heterocycles. The van der Waals surface area contributed by atoms with E-state index in [9.17, 15) is 22.8 Å². The van der Waals surface area contributed by atoms with Crippen LogP contribution in [-0.4, -0.2) is 50.1 Å². The van der Waals surface area contributed by atoms with Crippen molar-refractivity contribution in [2.45, 2.75) is 30.7 Å². The number of nitrogens with one attached hydrogen (secondary N) is 1. The Morgan fingerprint density at radius 1 is 1.06 bits per heavy atom. The van der Waals surface area contributed by atoms with Gasteiger partial charge in [-0.15, -0.1) is 0 Å². The molecule has 9 heteroatoms. The number of rotatable bonds is 7. The predicted octanol–water partition coefficient (Wildman–Crippen LogP) is 2.37. The maximum Gasteiger partial charge on any atom is 0.354 e. The van der Waals surface area contributed by atoms with Crippen LogP contribution in [0.3, 0.4) is 0 Å². The first kappa shape index (κ1) is 23.4. The van der Waals surface area contributed by atoms with E-state index in [4.69, 9.17) is 4.74 Å². The van der Waals surface area contributed by atoms with Crippen molar-refractivity contribution in [1.82, 2.24) is 9.62 Å². The number of sulfonamides is 1. The highest BCUT2D eigenvalue weighted by Gasteiger charge is 2.39. The van der Waals surface area contributed by atoms with Gasteiger partial charge in [0.05, 0.1) is 12.0 Å². The lowest BCUT2D eigenvalue weighted by molar-refractivity contribution is -0.138. The fourth-order valence-electron chi connectivity index (χ4n) is 3.47. The standard InChI is InChI=1S/C23H24N2O6S/c1-16(26)18-12-10-17(11-13-18)15-20(23(28)31-2)24-22(27)21-9-6-14-25(21)32(29,30)19-7-4-3-5-8-19/h3-5,7-8,10-13,15,21H,6,9,14H2,1-2H3,(H,24,27)/b20-15-/t21-/m0/s1. The van der Waals surface area contributed by atoms with Crippen LogP contribution in [0.15, 0.2) is 65.2 Å². The third-order valence-corrected chi connectivity index (χ3v) is 7.07. The number of carbonyl (C=O) groups is 3. The van der Waals surface area contributed by atoms with Crippen molar-refractivity contribution in [3.63, 3.8) is 0 Å². The van der Waals surface area contributed by atoms with Gasteiger partial charge < -0.3 is 10.1 Å². The van der Waals surface area contributed by atoms with E-state index in [2.05, 4.69) is 5.32 Å². The van der Waals surface area contributed by atoms with Crippen LogP contribution in [0.4, 0.5) is 0 Å². The highest BCUT2D eigenvalue weighted by molar-refractivity contribution is 7.89. The molecule has 1 saturated heterocycles. The average Bonchev–Trinajstić information content (AvgIpc) is 3.30. The maximum absolute atomic E-state index is 13.0. The third-order valence-electron chi connectivity index (χ3n) is 5.15. The highest BCUT2D eigenvalue weighted by Crippen LogP contribution is 2.26. The molecule has 1 fully saturated rings. The van der Waals surface area contributed by atoms with Crippen LogP contribution < -0.4 is 5.32 Å². The lowest BCUT2D eigenvalue weighted by Gasteiger charge is -2.23. The van der Waals surface area contributed by atoms with Crippen LogP contribution in [0.5, 0.6) is 0 Å². The van der Waals surface area contributed by atoms with Crippen molar-refractivity contribution in [2.24, 2.45) is 0 Å². The van der Waals surface area contributed by atoms with Gasteiger partial charge in [0.1, 0.15) is 11.7 Å². The van der Waals surface area contributed by atoms with E-state index in [-0.39, 0.29) is 22.9 Å². The molecule has 1 aliphatic rings. The molecular formula is C23H24N2O6S. The van der Waals surface area contributed by atoms with Gasteiger partial charge in [-0.25, -0.2) is 13.2 Å². The van der Waals surface area contributed by atoms with Crippen LogP contribution in [0.2, 0.25) is 0 Å². The van der Waals surface area contributed by atoms with E-state index in [0.717, 1.165) is 4.31 Å². The summed E-state index contributed by atoms with van der Waals surface area (Å²) in [5, 5.41) is 2.52. The van der Waals surface area contributed by atoms with Gasteiger partial charge in [0.15, 0.2) is 5.78 Å². The summed E-state index contributed by atoms with van der Waals surface area (Å²) in [5.74, 6) is -1.48. The highest BCUT2D eigenvalue weighted by atomic mass is 32.2. The number of ketones is 1. The molecule has 32 heavy (non-hydrogen) atoms. The topological polar surface area (TPSA) is 110 Å². The van der Waals surface area contributed by atoms with Gasteiger partial charge in [0.2, 0.25) is 15.9 Å². The van der Waals surface area contributed by atoms with Gasteiger partial charge in [0, 0.05) is 12.1 Å². The van der Waals surface area contributed by atoms with E-state index < -0.39 is 27.9 Å². The Balaban J connectivity index is 1.84. The van der Waals surface area contributed by atoms with Crippen molar-refractivity contribution in [3.05, 3.63) is 71.4 Å². The number of esters is 1. The second kappa shape index (κ2) is 9.88. The van der Waals surface area contributed by atoms with Crippen LogP contribution in [-0.2, 0) is 24.3 Å². The Labute approximate surface area is 186 Å². The molecule has 1 N–H and O–H groups in total. The molecule has 0 spiro atoms. The molecule has 1 heterocycles. The first-order chi connectivity index (χ1) is 15.2. The van der Waals surface area contributed by atoms with E-state index >= 15 is 0 Å². The monoisotopic (exact) mass is 456 g/mol. The lowest BCUT2D eigenvalue weighted by atomic mass is 10.1. The summed E-state index contributed by atoms with van der Waals surface area (Å²) in [7, 11) is -2.68. The summed E-state index contributed by atoms with van der Waals surface area (Å²) in [6.45, 7) is 1.65. The Hall–Kier alpha value is -3.30. The molecule has 1 atom stereocenters. The summed E-state index contributed by atoms with van der Waals surface area (Å²) in [4.78, 5) is 36.8. The number of amides is 1. The summed E-state index contributed by atoms with van der Waals surface area (Å²) in [6.07, 6.45) is 2.27. The molecule has 0 saturated carbocycles. The summed E-state index contributed by atoms with van der Waals surface area (Å²) in [6, 6.07) is 13.4. The normalized spacial score (nSPS) is 17.1. The molecule has 0 bridgehead atoms. The van der Waals surface area contributed by atoms with Crippen molar-refractivity contribution >= 4 is 33.8 Å². The van der Waals surface area contributed by atoms with Crippen molar-refractivity contribution in [3.8, 4) is 0 Å². The molecule has 0 radical (unpaired) electrons. The molecule has 8 nitrogen and oxygen atoms in total. The zero-order valence-corrected chi connectivity index (χ0v) is 18.6. The van der Waals surface area contributed by atoms with E-state index in [1.54, 1.807) is 42.5 Å². The van der Waals surface area contributed by atoms with E-state index in [0.29, 0.717) is 24.0 Å². The summed E-state index contributed by atoms with van der Waals surface area (Å²) < 4.78 is 32.0. The fourth-order valence-corrected chi connectivity index (χ4v) is 5.15. The number of ether oxygens (including phenoxy) is 1. The fraction of sp³-hybridized carbons (Fsp3) is 0.261. The minimum atomic E-state index is -3.86. The Morgan fingerprint density at radius 3 is 2.31 bits per heavy atom. The lowest BCUT2D eigenvalue weighted by Crippen LogP contribution is -2.46. The quantitative estimate of drug-likeness (QED) is 0.389. The first-order valence-electron chi connectivity index (χ1n) is 10.0. The number of hydrogen-bond donors (Lipinski definition) is 1. The van der Waals surface area contributed by atoms with Gasteiger partial charge in [-0.1, -0.05) is 42.5 Å². The Bertz CT molecular complexity index is 1140. The average molecular weight is 457 g/mol. The summed E-state index contributed by atoms with van der Waals surface area (Å²) >= 11 is 0. The minimum Gasteiger partial charge on any atom is -0.464 e. The van der Waals surface area contributed by atoms with E-state index in [1.807, 2.05) is 0 Å². The molecule has 168 valence electrons. The molecule has 1 amide bonds. The number of Topliss-reactive ketones (excluding diaryl/α,β-unsaturated/α-hetero) is 1.